The summed E-state index contributed by atoms with van der Waals surface area (Å²) in [7, 11) is 0. The van der Waals surface area contributed by atoms with E-state index in [9.17, 15) is 0 Å². The van der Waals surface area contributed by atoms with Crippen molar-refractivity contribution in [3.63, 3.8) is 0 Å². The van der Waals surface area contributed by atoms with Crippen LogP contribution in [0.2, 0.25) is 0 Å². The average Bonchev–Trinajstić information content (AvgIpc) is 1.99. The van der Waals surface area contributed by atoms with Gasteiger partial charge in [-0.3, -0.25) is 4.98 Å². The van der Waals surface area contributed by atoms with Crippen LogP contribution in [0.3, 0.4) is 0 Å². The lowest BCUT2D eigenvalue weighted by Gasteiger charge is -2.07. The second-order valence-corrected chi connectivity index (χ2v) is 2.35. The average molecular weight is 190 g/mol. The molecule has 1 aromatic rings. The molecule has 0 atom stereocenters. The number of aryl methyl sites for hydroxylation is 1. The Labute approximate surface area is 77.0 Å². The van der Waals surface area contributed by atoms with Gasteiger partial charge in [0.15, 0.2) is 0 Å². The maximum Gasteiger partial charge on any atom is 0.0723 e. The van der Waals surface area contributed by atoms with Gasteiger partial charge in [-0.05, 0) is 6.92 Å². The summed E-state index contributed by atoms with van der Waals surface area (Å²) in [6.45, 7) is 1.63. The number of hydrogen-bond donors (Lipinski definition) is 3. The van der Waals surface area contributed by atoms with Gasteiger partial charge < -0.3 is 16.6 Å². The van der Waals surface area contributed by atoms with Gasteiger partial charge in [-0.25, -0.2) is 0 Å². The van der Waals surface area contributed by atoms with E-state index in [1.165, 1.54) is 6.20 Å². The van der Waals surface area contributed by atoms with Gasteiger partial charge in [-0.2, -0.15) is 0 Å². The van der Waals surface area contributed by atoms with E-state index < -0.39 is 0 Å². The maximum atomic E-state index is 8.84. The van der Waals surface area contributed by atoms with Crippen LogP contribution in [0.15, 0.2) is 6.20 Å². The van der Waals surface area contributed by atoms with E-state index in [0.29, 0.717) is 22.6 Å². The molecule has 0 bridgehead atoms. The molecule has 1 aromatic heterocycles. The third-order valence-corrected chi connectivity index (χ3v) is 1.62. The van der Waals surface area contributed by atoms with Gasteiger partial charge in [0, 0.05) is 5.56 Å². The molecular weight excluding hydrogens is 178 g/mol. The SMILES string of the molecule is Cc1ncc(N)c(CO)c1N.Cl. The summed E-state index contributed by atoms with van der Waals surface area (Å²) >= 11 is 0. The highest BCUT2D eigenvalue weighted by molar-refractivity contribution is 5.85. The molecule has 0 aromatic carbocycles. The van der Waals surface area contributed by atoms with Crippen LogP contribution in [0, 0.1) is 6.92 Å². The van der Waals surface area contributed by atoms with Gasteiger partial charge in [0.05, 0.1) is 29.9 Å². The minimum atomic E-state index is -0.138. The van der Waals surface area contributed by atoms with Gasteiger partial charge in [-0.15, -0.1) is 12.4 Å². The van der Waals surface area contributed by atoms with Crippen molar-refractivity contribution < 1.29 is 5.11 Å². The molecule has 0 unspecified atom stereocenters. The summed E-state index contributed by atoms with van der Waals surface area (Å²) in [5.41, 5.74) is 13.3. The molecule has 0 saturated heterocycles. The number of nitrogens with two attached hydrogens (primary N) is 2. The first kappa shape index (κ1) is 11.0. The standard InChI is InChI=1S/C7H11N3O.ClH/c1-4-7(9)5(3-11)6(8)2-10-4;/h2,11H,3,8-9H2,1H3;1H. The normalized spacial score (nSPS) is 9.17. The number of nitrogens with zero attached hydrogens (tertiary/aromatic N) is 1. The molecule has 12 heavy (non-hydrogen) atoms. The van der Waals surface area contributed by atoms with Crippen LogP contribution in [0.25, 0.3) is 0 Å². The predicted octanol–water partition coefficient (Wildman–Crippen LogP) is 0.469. The van der Waals surface area contributed by atoms with Crippen LogP contribution in [0.4, 0.5) is 11.4 Å². The molecule has 0 spiro atoms. The van der Waals surface area contributed by atoms with Crippen molar-refractivity contribution in [3.05, 3.63) is 17.5 Å². The first-order valence-electron chi connectivity index (χ1n) is 3.27. The fourth-order valence-corrected chi connectivity index (χ4v) is 0.864. The minimum absolute atomic E-state index is 0. The third kappa shape index (κ3) is 1.78. The Bertz CT molecular complexity index is 278. The molecule has 4 nitrogen and oxygen atoms in total. The van der Waals surface area contributed by atoms with E-state index in [4.69, 9.17) is 16.6 Å². The number of aliphatic hydroxyl groups excluding tert-OH is 1. The molecule has 1 rings (SSSR count). The van der Waals surface area contributed by atoms with Crippen molar-refractivity contribution in [1.82, 2.24) is 4.98 Å². The third-order valence-electron chi connectivity index (χ3n) is 1.62. The van der Waals surface area contributed by atoms with Crippen LogP contribution in [-0.2, 0) is 6.61 Å². The fraction of sp³-hybridized carbons (Fsp3) is 0.286. The van der Waals surface area contributed by atoms with Crippen LogP contribution in [-0.4, -0.2) is 10.1 Å². The lowest BCUT2D eigenvalue weighted by Crippen LogP contribution is -2.03. The quantitative estimate of drug-likeness (QED) is 0.600. The molecule has 0 aliphatic rings. The Balaban J connectivity index is 0.00000121. The number of pyridine rings is 1. The molecule has 1 heterocycles. The van der Waals surface area contributed by atoms with Crippen molar-refractivity contribution in [2.75, 3.05) is 11.5 Å². The van der Waals surface area contributed by atoms with Crippen molar-refractivity contribution in [2.24, 2.45) is 0 Å². The van der Waals surface area contributed by atoms with Gasteiger partial charge in [0.1, 0.15) is 0 Å². The zero-order chi connectivity index (χ0) is 8.43. The van der Waals surface area contributed by atoms with Crippen LogP contribution < -0.4 is 11.5 Å². The predicted molar refractivity (Wildman–Crippen MR) is 51.0 cm³/mol. The number of aromatic nitrogens is 1. The molecule has 5 N–H and O–H groups in total. The van der Waals surface area contributed by atoms with Crippen LogP contribution in [0.1, 0.15) is 11.3 Å². The largest absolute Gasteiger partial charge is 0.397 e. The summed E-state index contributed by atoms with van der Waals surface area (Å²) < 4.78 is 0. The van der Waals surface area contributed by atoms with Gasteiger partial charge in [-0.1, -0.05) is 0 Å². The van der Waals surface area contributed by atoms with Crippen LogP contribution in [0.5, 0.6) is 0 Å². The highest BCUT2D eigenvalue weighted by Gasteiger charge is 2.05. The Morgan fingerprint density at radius 3 is 2.50 bits per heavy atom. The second-order valence-electron chi connectivity index (χ2n) is 2.35. The van der Waals surface area contributed by atoms with E-state index in [2.05, 4.69) is 4.98 Å². The van der Waals surface area contributed by atoms with E-state index >= 15 is 0 Å². The smallest absolute Gasteiger partial charge is 0.0723 e. The zero-order valence-corrected chi connectivity index (χ0v) is 7.56. The summed E-state index contributed by atoms with van der Waals surface area (Å²) in [5, 5.41) is 8.84. The van der Waals surface area contributed by atoms with Crippen LogP contribution >= 0.6 is 12.4 Å². The van der Waals surface area contributed by atoms with Gasteiger partial charge >= 0.3 is 0 Å². The zero-order valence-electron chi connectivity index (χ0n) is 6.74. The first-order chi connectivity index (χ1) is 5.16. The van der Waals surface area contributed by atoms with E-state index in [1.807, 2.05) is 0 Å². The Morgan fingerprint density at radius 1 is 1.50 bits per heavy atom. The molecular formula is C7H12ClN3O. The van der Waals surface area contributed by atoms with Gasteiger partial charge in [0.2, 0.25) is 0 Å². The minimum Gasteiger partial charge on any atom is -0.397 e. The number of nitrogen functional groups attached to an aromatic ring is 2. The Kier molecular flexibility index (Phi) is 3.79. The lowest BCUT2D eigenvalue weighted by molar-refractivity contribution is 0.283. The van der Waals surface area contributed by atoms with Gasteiger partial charge in [0.25, 0.3) is 0 Å². The Morgan fingerprint density at radius 2 is 2.08 bits per heavy atom. The number of hydrogen-bond acceptors (Lipinski definition) is 4. The first-order valence-corrected chi connectivity index (χ1v) is 3.27. The molecule has 0 aliphatic heterocycles. The molecule has 0 radical (unpaired) electrons. The fourth-order valence-electron chi connectivity index (χ4n) is 0.864. The van der Waals surface area contributed by atoms with Crippen molar-refractivity contribution in [1.29, 1.82) is 0 Å². The summed E-state index contributed by atoms with van der Waals surface area (Å²) in [6.07, 6.45) is 1.50. The second kappa shape index (κ2) is 4.13. The summed E-state index contributed by atoms with van der Waals surface area (Å²) in [6, 6.07) is 0. The number of anilines is 2. The number of halogens is 1. The van der Waals surface area contributed by atoms with E-state index in [0.717, 1.165) is 0 Å². The summed E-state index contributed by atoms with van der Waals surface area (Å²) in [5.74, 6) is 0. The van der Waals surface area contributed by atoms with Crippen molar-refractivity contribution in [3.8, 4) is 0 Å². The molecule has 68 valence electrons. The molecule has 0 fully saturated rings. The topological polar surface area (TPSA) is 85.2 Å². The lowest BCUT2D eigenvalue weighted by atomic mass is 10.1. The molecule has 0 aliphatic carbocycles. The van der Waals surface area contributed by atoms with Crippen molar-refractivity contribution in [2.45, 2.75) is 13.5 Å². The monoisotopic (exact) mass is 189 g/mol. The summed E-state index contributed by atoms with van der Waals surface area (Å²) in [4.78, 5) is 3.93. The highest BCUT2D eigenvalue weighted by atomic mass is 35.5. The molecule has 0 amide bonds. The van der Waals surface area contributed by atoms with Crippen molar-refractivity contribution >= 4 is 23.8 Å². The number of rotatable bonds is 1. The Hall–Kier alpha value is -1.00. The molecule has 0 saturated carbocycles. The molecule has 5 heteroatoms. The van der Waals surface area contributed by atoms with E-state index in [1.54, 1.807) is 6.92 Å². The maximum absolute atomic E-state index is 8.84. The van der Waals surface area contributed by atoms with E-state index in [-0.39, 0.29) is 19.0 Å². The number of aliphatic hydroxyl groups is 1. The highest BCUT2D eigenvalue weighted by Crippen LogP contribution is 2.20.